The Labute approximate surface area is 295 Å². The summed E-state index contributed by atoms with van der Waals surface area (Å²) in [5, 5.41) is 9.57. The summed E-state index contributed by atoms with van der Waals surface area (Å²) in [6.45, 7) is 7.19. The quantitative estimate of drug-likeness (QED) is 0.167. The summed E-state index contributed by atoms with van der Waals surface area (Å²) in [5.41, 5.74) is 4.93. The van der Waals surface area contributed by atoms with Crippen molar-refractivity contribution in [1.29, 1.82) is 0 Å². The molecule has 0 saturated carbocycles. The Balaban J connectivity index is 1.18. The van der Waals surface area contributed by atoms with Crippen LogP contribution in [0.3, 0.4) is 0 Å². The Morgan fingerprint density at radius 2 is 1.60 bits per heavy atom. The molecule has 10 heteroatoms. The van der Waals surface area contributed by atoms with Gasteiger partial charge in [0.1, 0.15) is 11.6 Å². The van der Waals surface area contributed by atoms with Gasteiger partial charge in [-0.3, -0.25) is 9.69 Å². The van der Waals surface area contributed by atoms with E-state index in [4.69, 9.17) is 14.2 Å². The highest BCUT2D eigenvalue weighted by atomic mass is 32.2. The van der Waals surface area contributed by atoms with Crippen LogP contribution in [-0.4, -0.2) is 55.2 Å². The van der Waals surface area contributed by atoms with Crippen molar-refractivity contribution in [2.75, 3.05) is 13.1 Å². The van der Waals surface area contributed by atoms with Crippen LogP contribution in [0, 0.1) is 0 Å². The summed E-state index contributed by atoms with van der Waals surface area (Å²) in [5.74, 6) is -0.192. The molecule has 2 fully saturated rings. The average molecular weight is 699 g/mol. The van der Waals surface area contributed by atoms with Gasteiger partial charge in [0.05, 0.1) is 23.7 Å². The van der Waals surface area contributed by atoms with E-state index in [1.54, 1.807) is 30.3 Å². The number of esters is 1. The van der Waals surface area contributed by atoms with E-state index in [-0.39, 0.29) is 42.3 Å². The van der Waals surface area contributed by atoms with Crippen LogP contribution in [0.15, 0.2) is 108 Å². The smallest absolute Gasteiger partial charge is 0.323 e. The number of carbonyl (C=O) groups is 1. The van der Waals surface area contributed by atoms with E-state index in [1.807, 2.05) is 93.6 Å². The highest BCUT2D eigenvalue weighted by molar-refractivity contribution is 7.89. The lowest BCUT2D eigenvalue weighted by atomic mass is 9.98. The number of nitrogens with zero attached hydrogens (tertiary/aromatic N) is 1. The van der Waals surface area contributed by atoms with E-state index in [0.717, 1.165) is 52.8 Å². The minimum absolute atomic E-state index is 0.0280. The summed E-state index contributed by atoms with van der Waals surface area (Å²) < 4.78 is 47.1. The molecule has 4 aromatic rings. The van der Waals surface area contributed by atoms with Gasteiger partial charge in [-0.15, -0.1) is 0 Å². The second-order valence-electron chi connectivity index (χ2n) is 14.0. The van der Waals surface area contributed by atoms with E-state index < -0.39 is 21.9 Å². The molecule has 0 amide bonds. The van der Waals surface area contributed by atoms with Crippen LogP contribution in [0.25, 0.3) is 11.1 Å². The molecule has 0 radical (unpaired) electrons. The fourth-order valence-corrected chi connectivity index (χ4v) is 7.57. The van der Waals surface area contributed by atoms with Crippen LogP contribution in [-0.2, 0) is 42.2 Å². The van der Waals surface area contributed by atoms with Gasteiger partial charge in [0.15, 0.2) is 6.29 Å². The zero-order valence-electron chi connectivity index (χ0n) is 28.8. The average Bonchev–Trinajstić information content (AvgIpc) is 3.59. The summed E-state index contributed by atoms with van der Waals surface area (Å²) >= 11 is 0. The second kappa shape index (κ2) is 15.6. The number of aliphatic hydroxyl groups excluding tert-OH is 1. The molecule has 4 aromatic carbocycles. The summed E-state index contributed by atoms with van der Waals surface area (Å²) in [6, 6.07) is 31.7. The molecule has 6 rings (SSSR count). The zero-order valence-corrected chi connectivity index (χ0v) is 29.6. The van der Waals surface area contributed by atoms with Crippen molar-refractivity contribution in [3.63, 3.8) is 0 Å². The Morgan fingerprint density at radius 3 is 2.30 bits per heavy atom. The van der Waals surface area contributed by atoms with Crippen LogP contribution in [0.1, 0.15) is 74.7 Å². The van der Waals surface area contributed by atoms with Crippen molar-refractivity contribution in [3.8, 4) is 11.1 Å². The fourth-order valence-electron chi connectivity index (χ4n) is 6.53. The standard InChI is InChI=1S/C40H46N2O7S/c1-40(2,3)49-38(44)36-13-8-22-42(36)26-34-24-37(31-16-14-28(27-43)15-17-31)48-39(47-34)32-20-18-30(19-21-32)33-10-7-9-29(23-33)25-41-50(45,46)35-11-5-4-6-12-35/h4-7,9-12,14-21,23,34,36-37,39,41,43H,8,13,22,24-27H2,1-3H3/t34-,36-,37+,39+/m0/s1. The van der Waals surface area contributed by atoms with Gasteiger partial charge < -0.3 is 19.3 Å². The molecule has 50 heavy (non-hydrogen) atoms. The first-order valence-electron chi connectivity index (χ1n) is 17.2. The maximum atomic E-state index is 13.1. The number of benzene rings is 4. The molecule has 4 atom stereocenters. The van der Waals surface area contributed by atoms with E-state index in [9.17, 15) is 18.3 Å². The van der Waals surface area contributed by atoms with Gasteiger partial charge >= 0.3 is 5.97 Å². The lowest BCUT2D eigenvalue weighted by Crippen LogP contribution is -2.45. The first-order valence-corrected chi connectivity index (χ1v) is 18.7. The van der Waals surface area contributed by atoms with E-state index in [2.05, 4.69) is 9.62 Å². The van der Waals surface area contributed by atoms with Crippen molar-refractivity contribution in [3.05, 3.63) is 125 Å². The Morgan fingerprint density at radius 1 is 0.880 bits per heavy atom. The van der Waals surface area contributed by atoms with Crippen LogP contribution in [0.4, 0.5) is 0 Å². The Hall–Kier alpha value is -3.90. The molecule has 2 heterocycles. The summed E-state index contributed by atoms with van der Waals surface area (Å²) in [7, 11) is -3.62. The lowest BCUT2D eigenvalue weighted by molar-refractivity contribution is -0.253. The first-order chi connectivity index (χ1) is 24.0. The molecule has 264 valence electrons. The number of ether oxygens (including phenoxy) is 3. The third kappa shape index (κ3) is 9.06. The number of carbonyl (C=O) groups excluding carboxylic acids is 1. The molecule has 2 aliphatic heterocycles. The van der Waals surface area contributed by atoms with E-state index in [1.165, 1.54) is 0 Å². The van der Waals surface area contributed by atoms with Gasteiger partial charge in [-0.05, 0) is 86.2 Å². The molecular weight excluding hydrogens is 653 g/mol. The molecular formula is C40H46N2O7S. The Kier molecular flexibility index (Phi) is 11.2. The zero-order chi connectivity index (χ0) is 35.3. The summed E-state index contributed by atoms with van der Waals surface area (Å²) in [6.07, 6.45) is 1.22. The third-order valence-electron chi connectivity index (χ3n) is 9.06. The second-order valence-corrected chi connectivity index (χ2v) is 15.8. The molecule has 0 aliphatic carbocycles. The van der Waals surface area contributed by atoms with Gasteiger partial charge in [0.25, 0.3) is 0 Å². The number of nitrogens with one attached hydrogen (secondary N) is 1. The normalized spacial score (nSPS) is 21.6. The van der Waals surface area contributed by atoms with Gasteiger partial charge in [-0.2, -0.15) is 0 Å². The third-order valence-corrected chi connectivity index (χ3v) is 10.5. The lowest BCUT2D eigenvalue weighted by Gasteiger charge is -2.38. The topological polar surface area (TPSA) is 114 Å². The van der Waals surface area contributed by atoms with Crippen LogP contribution < -0.4 is 4.72 Å². The van der Waals surface area contributed by atoms with Crippen molar-refractivity contribution in [1.82, 2.24) is 9.62 Å². The molecule has 0 spiro atoms. The van der Waals surface area contributed by atoms with Crippen LogP contribution in [0.2, 0.25) is 0 Å². The molecule has 0 aromatic heterocycles. The van der Waals surface area contributed by atoms with Crippen LogP contribution in [0.5, 0.6) is 0 Å². The number of likely N-dealkylation sites (tertiary alicyclic amines) is 1. The number of aliphatic hydroxyl groups is 1. The molecule has 2 N–H and O–H groups in total. The van der Waals surface area contributed by atoms with Crippen molar-refractivity contribution in [2.24, 2.45) is 0 Å². The monoisotopic (exact) mass is 698 g/mol. The minimum Gasteiger partial charge on any atom is -0.459 e. The highest BCUT2D eigenvalue weighted by Gasteiger charge is 2.39. The first kappa shape index (κ1) is 35.9. The molecule has 0 unspecified atom stereocenters. The number of hydrogen-bond acceptors (Lipinski definition) is 8. The maximum Gasteiger partial charge on any atom is 0.323 e. The van der Waals surface area contributed by atoms with Crippen LogP contribution >= 0.6 is 0 Å². The Bertz CT molecular complexity index is 1840. The summed E-state index contributed by atoms with van der Waals surface area (Å²) in [4.78, 5) is 15.5. The number of sulfonamides is 1. The highest BCUT2D eigenvalue weighted by Crippen LogP contribution is 2.39. The minimum atomic E-state index is -3.62. The van der Waals surface area contributed by atoms with Gasteiger partial charge in [0.2, 0.25) is 10.0 Å². The van der Waals surface area contributed by atoms with E-state index >= 15 is 0 Å². The van der Waals surface area contributed by atoms with Gasteiger partial charge in [0, 0.05) is 25.1 Å². The largest absolute Gasteiger partial charge is 0.459 e. The maximum absolute atomic E-state index is 13.1. The number of hydrogen-bond donors (Lipinski definition) is 2. The predicted octanol–water partition coefficient (Wildman–Crippen LogP) is 6.68. The van der Waals surface area contributed by atoms with E-state index in [0.29, 0.717) is 13.0 Å². The molecule has 2 saturated heterocycles. The van der Waals surface area contributed by atoms with Crippen molar-refractivity contribution >= 4 is 16.0 Å². The van der Waals surface area contributed by atoms with Gasteiger partial charge in [-0.25, -0.2) is 13.1 Å². The molecule has 9 nitrogen and oxygen atoms in total. The molecule has 2 aliphatic rings. The fraction of sp³-hybridized carbons (Fsp3) is 0.375. The van der Waals surface area contributed by atoms with Gasteiger partial charge in [-0.1, -0.05) is 84.9 Å². The number of rotatable bonds is 11. The van der Waals surface area contributed by atoms with Crippen molar-refractivity contribution in [2.45, 2.75) is 88.2 Å². The molecule has 0 bridgehead atoms. The predicted molar refractivity (Wildman–Crippen MR) is 191 cm³/mol. The SMILES string of the molecule is CC(C)(C)OC(=O)[C@@H]1CCCN1C[C@@H]1C[C@H](c2ccc(CO)cc2)O[C@H](c2ccc(-c3cccc(CNS(=O)(=O)c4ccccc4)c3)cc2)O1. The van der Waals surface area contributed by atoms with Crippen molar-refractivity contribution < 1.29 is 32.5 Å².